The fraction of sp³-hybridized carbons (Fsp3) is 0.650. The molecule has 2 N–H and O–H groups in total. The lowest BCUT2D eigenvalue weighted by Gasteiger charge is -2.40. The van der Waals surface area contributed by atoms with Gasteiger partial charge in [-0.1, -0.05) is 37.3 Å². The number of nitrogens with one attached hydrogen (secondary N) is 1. The topological polar surface area (TPSA) is 55.8 Å². The molecule has 1 saturated heterocycles. The van der Waals surface area contributed by atoms with Gasteiger partial charge in [-0.25, -0.2) is 4.79 Å². The van der Waals surface area contributed by atoms with Crippen LogP contribution in [-0.4, -0.2) is 60.3 Å². The van der Waals surface area contributed by atoms with Crippen LogP contribution < -0.4 is 5.32 Å². The van der Waals surface area contributed by atoms with Gasteiger partial charge in [-0.3, -0.25) is 4.90 Å². The monoisotopic (exact) mass is 347 g/mol. The highest BCUT2D eigenvalue weighted by atomic mass is 16.3. The number of hydrogen-bond donors (Lipinski definition) is 2. The largest absolute Gasteiger partial charge is 0.396 e. The zero-order chi connectivity index (χ0) is 18.3. The van der Waals surface area contributed by atoms with Crippen LogP contribution in [0, 0.1) is 5.41 Å². The molecular formula is C20H33N3O2. The van der Waals surface area contributed by atoms with E-state index in [-0.39, 0.29) is 24.1 Å². The van der Waals surface area contributed by atoms with Crippen molar-refractivity contribution in [3.8, 4) is 0 Å². The Bertz CT molecular complexity index is 521. The number of hydrogen-bond acceptors (Lipinski definition) is 3. The van der Waals surface area contributed by atoms with Gasteiger partial charge in [0.05, 0.1) is 0 Å². The molecule has 0 saturated carbocycles. The SMILES string of the molecule is CCC1(CO)CCN(C(=O)NCC(C)N(C)Cc2ccccc2)CC1. The van der Waals surface area contributed by atoms with Gasteiger partial charge in [-0.05, 0) is 44.2 Å². The van der Waals surface area contributed by atoms with E-state index in [1.807, 2.05) is 11.0 Å². The normalized spacial score (nSPS) is 18.2. The van der Waals surface area contributed by atoms with Gasteiger partial charge in [-0.15, -0.1) is 0 Å². The molecule has 1 atom stereocenters. The van der Waals surface area contributed by atoms with E-state index >= 15 is 0 Å². The van der Waals surface area contributed by atoms with Crippen molar-refractivity contribution in [3.63, 3.8) is 0 Å². The minimum absolute atomic E-state index is 0.0139. The summed E-state index contributed by atoms with van der Waals surface area (Å²) in [6, 6.07) is 10.6. The molecule has 0 radical (unpaired) electrons. The van der Waals surface area contributed by atoms with Crippen LogP contribution in [0.5, 0.6) is 0 Å². The van der Waals surface area contributed by atoms with Crippen molar-refractivity contribution in [2.24, 2.45) is 5.41 Å². The van der Waals surface area contributed by atoms with E-state index in [4.69, 9.17) is 0 Å². The molecule has 140 valence electrons. The molecule has 1 aliphatic rings. The Morgan fingerprint density at radius 1 is 1.32 bits per heavy atom. The van der Waals surface area contributed by atoms with Gasteiger partial charge in [0.15, 0.2) is 0 Å². The molecule has 5 heteroatoms. The van der Waals surface area contributed by atoms with Crippen molar-refractivity contribution in [2.75, 3.05) is 33.3 Å². The number of aliphatic hydroxyl groups is 1. The molecule has 1 aromatic carbocycles. The van der Waals surface area contributed by atoms with Crippen LogP contribution >= 0.6 is 0 Å². The smallest absolute Gasteiger partial charge is 0.317 e. The zero-order valence-electron chi connectivity index (χ0n) is 15.9. The van der Waals surface area contributed by atoms with Crippen LogP contribution in [0.1, 0.15) is 38.7 Å². The molecule has 0 bridgehead atoms. The number of likely N-dealkylation sites (tertiary alicyclic amines) is 1. The predicted octanol–water partition coefficient (Wildman–Crippen LogP) is 2.70. The van der Waals surface area contributed by atoms with Crippen LogP contribution in [-0.2, 0) is 6.54 Å². The second kappa shape index (κ2) is 9.20. The van der Waals surface area contributed by atoms with Crippen molar-refractivity contribution >= 4 is 6.03 Å². The first-order chi connectivity index (χ1) is 12.0. The van der Waals surface area contributed by atoms with Crippen molar-refractivity contribution < 1.29 is 9.90 Å². The summed E-state index contributed by atoms with van der Waals surface area (Å²) in [5.41, 5.74) is 1.29. The molecule has 1 heterocycles. The Kier molecular flexibility index (Phi) is 7.26. The van der Waals surface area contributed by atoms with E-state index in [2.05, 4.69) is 55.4 Å². The summed E-state index contributed by atoms with van der Waals surface area (Å²) in [5, 5.41) is 12.7. The fourth-order valence-corrected chi connectivity index (χ4v) is 3.34. The van der Waals surface area contributed by atoms with E-state index in [0.717, 1.165) is 38.9 Å². The predicted molar refractivity (Wildman–Crippen MR) is 101 cm³/mol. The number of piperidine rings is 1. The number of rotatable bonds is 7. The summed E-state index contributed by atoms with van der Waals surface area (Å²) in [7, 11) is 2.08. The van der Waals surface area contributed by atoms with Crippen molar-refractivity contribution in [1.29, 1.82) is 0 Å². The molecule has 0 spiro atoms. The highest BCUT2D eigenvalue weighted by molar-refractivity contribution is 5.74. The molecule has 25 heavy (non-hydrogen) atoms. The third-order valence-corrected chi connectivity index (χ3v) is 5.77. The Hall–Kier alpha value is -1.59. The first kappa shape index (κ1) is 19.7. The quantitative estimate of drug-likeness (QED) is 0.797. The average Bonchev–Trinajstić information content (AvgIpc) is 2.66. The second-order valence-corrected chi connectivity index (χ2v) is 7.43. The summed E-state index contributed by atoms with van der Waals surface area (Å²) in [5.74, 6) is 0. The number of likely N-dealkylation sites (N-methyl/N-ethyl adjacent to an activating group) is 1. The number of carbonyl (C=O) groups is 1. The Balaban J connectivity index is 1.74. The standard InChI is InChI=1S/C20H33N3O2/c1-4-20(16-24)10-12-23(13-11-20)19(25)21-14-17(2)22(3)15-18-8-6-5-7-9-18/h5-9,17,24H,4,10-16H2,1-3H3,(H,21,25). The van der Waals surface area contributed by atoms with Crippen LogP contribution in [0.4, 0.5) is 4.79 Å². The van der Waals surface area contributed by atoms with Crippen LogP contribution in [0.15, 0.2) is 30.3 Å². The van der Waals surface area contributed by atoms with Gasteiger partial charge in [0.1, 0.15) is 0 Å². The van der Waals surface area contributed by atoms with E-state index in [1.54, 1.807) is 0 Å². The number of aliphatic hydroxyl groups excluding tert-OH is 1. The molecule has 1 aromatic rings. The Labute approximate surface area is 152 Å². The van der Waals surface area contributed by atoms with E-state index < -0.39 is 0 Å². The fourth-order valence-electron chi connectivity index (χ4n) is 3.34. The lowest BCUT2D eigenvalue weighted by Crippen LogP contribution is -2.50. The van der Waals surface area contributed by atoms with Gasteiger partial charge < -0.3 is 15.3 Å². The molecule has 1 unspecified atom stereocenters. The third kappa shape index (κ3) is 5.44. The van der Waals surface area contributed by atoms with Gasteiger partial charge in [-0.2, -0.15) is 0 Å². The molecule has 0 aromatic heterocycles. The summed E-state index contributed by atoms with van der Waals surface area (Å²) in [6.07, 6.45) is 2.74. The van der Waals surface area contributed by atoms with Gasteiger partial charge in [0.2, 0.25) is 0 Å². The van der Waals surface area contributed by atoms with Crippen molar-refractivity contribution in [1.82, 2.24) is 15.1 Å². The van der Waals surface area contributed by atoms with Crippen molar-refractivity contribution in [2.45, 2.75) is 45.7 Å². The lowest BCUT2D eigenvalue weighted by molar-refractivity contribution is 0.0517. The molecule has 2 amide bonds. The molecule has 2 rings (SSSR count). The van der Waals surface area contributed by atoms with Gasteiger partial charge in [0, 0.05) is 38.8 Å². The number of nitrogens with zero attached hydrogens (tertiary/aromatic N) is 2. The van der Waals surface area contributed by atoms with E-state index in [0.29, 0.717) is 6.54 Å². The molecule has 1 fully saturated rings. The minimum Gasteiger partial charge on any atom is -0.396 e. The summed E-state index contributed by atoms with van der Waals surface area (Å²) in [4.78, 5) is 16.5. The van der Waals surface area contributed by atoms with Crippen molar-refractivity contribution in [3.05, 3.63) is 35.9 Å². The molecule has 0 aliphatic carbocycles. The van der Waals surface area contributed by atoms with E-state index in [9.17, 15) is 9.90 Å². The summed E-state index contributed by atoms with van der Waals surface area (Å²) < 4.78 is 0. The molecule has 1 aliphatic heterocycles. The summed E-state index contributed by atoms with van der Waals surface area (Å²) in [6.45, 7) is 7.45. The van der Waals surface area contributed by atoms with E-state index in [1.165, 1.54) is 5.56 Å². The number of carbonyl (C=O) groups excluding carboxylic acids is 1. The maximum atomic E-state index is 12.4. The van der Waals surface area contributed by atoms with Crippen LogP contribution in [0.25, 0.3) is 0 Å². The number of benzene rings is 1. The van der Waals surface area contributed by atoms with Crippen LogP contribution in [0.2, 0.25) is 0 Å². The molecule has 5 nitrogen and oxygen atoms in total. The third-order valence-electron chi connectivity index (χ3n) is 5.77. The molecular weight excluding hydrogens is 314 g/mol. The second-order valence-electron chi connectivity index (χ2n) is 7.43. The summed E-state index contributed by atoms with van der Waals surface area (Å²) >= 11 is 0. The van der Waals surface area contributed by atoms with Gasteiger partial charge >= 0.3 is 6.03 Å². The van der Waals surface area contributed by atoms with Gasteiger partial charge in [0.25, 0.3) is 0 Å². The maximum absolute atomic E-state index is 12.4. The Morgan fingerprint density at radius 3 is 2.52 bits per heavy atom. The first-order valence-electron chi connectivity index (χ1n) is 9.37. The highest BCUT2D eigenvalue weighted by Gasteiger charge is 2.33. The van der Waals surface area contributed by atoms with Crippen LogP contribution in [0.3, 0.4) is 0 Å². The highest BCUT2D eigenvalue weighted by Crippen LogP contribution is 2.34. The number of urea groups is 1. The maximum Gasteiger partial charge on any atom is 0.317 e. The minimum atomic E-state index is 0.0139. The lowest BCUT2D eigenvalue weighted by atomic mass is 9.77. The average molecular weight is 348 g/mol. The first-order valence-corrected chi connectivity index (χ1v) is 9.37. The number of amides is 2. The Morgan fingerprint density at radius 2 is 1.96 bits per heavy atom. The zero-order valence-corrected chi connectivity index (χ0v) is 15.9.